The van der Waals surface area contributed by atoms with E-state index in [0.29, 0.717) is 17.6 Å². The first-order valence-electron chi connectivity index (χ1n) is 9.63. The Bertz CT molecular complexity index is 679. The van der Waals surface area contributed by atoms with Crippen LogP contribution in [0.15, 0.2) is 30.4 Å². The molecule has 4 aliphatic rings. The molecule has 0 radical (unpaired) electrons. The molecule has 1 aromatic rings. The number of fused-ring (bicyclic) bond motifs is 5. The molecule has 3 atom stereocenters. The summed E-state index contributed by atoms with van der Waals surface area (Å²) in [6, 6.07) is 6.92. The minimum absolute atomic E-state index is 0.155. The Hall–Kier alpha value is -1.37. The summed E-state index contributed by atoms with van der Waals surface area (Å²) in [5.74, 6) is 2.40. The molecule has 0 heterocycles. The van der Waals surface area contributed by atoms with Crippen molar-refractivity contribution in [2.24, 2.45) is 11.8 Å². The molecule has 2 saturated carbocycles. The predicted molar refractivity (Wildman–Crippen MR) is 92.6 cm³/mol. The first kappa shape index (κ1) is 14.0. The van der Waals surface area contributed by atoms with Gasteiger partial charge in [0.05, 0.1) is 5.41 Å². The van der Waals surface area contributed by atoms with Gasteiger partial charge < -0.3 is 0 Å². The summed E-state index contributed by atoms with van der Waals surface area (Å²) in [7, 11) is 0. The van der Waals surface area contributed by atoms with E-state index >= 15 is 0 Å². The van der Waals surface area contributed by atoms with Gasteiger partial charge in [-0.2, -0.15) is 0 Å². The summed E-state index contributed by atoms with van der Waals surface area (Å²) < 4.78 is 0. The first-order chi connectivity index (χ1) is 11.3. The lowest BCUT2D eigenvalue weighted by atomic mass is 9.61. The second-order valence-corrected chi connectivity index (χ2v) is 8.29. The highest BCUT2D eigenvalue weighted by molar-refractivity contribution is 5.94. The van der Waals surface area contributed by atoms with E-state index in [9.17, 15) is 4.79 Å². The second kappa shape index (κ2) is 5.06. The van der Waals surface area contributed by atoms with Crippen LogP contribution >= 0.6 is 0 Å². The minimum Gasteiger partial charge on any atom is -0.299 e. The van der Waals surface area contributed by atoms with Crippen LogP contribution in [0.25, 0.3) is 0 Å². The molecule has 2 bridgehead atoms. The fourth-order valence-corrected chi connectivity index (χ4v) is 6.20. The standard InChI is InChI=1S/C22H26O/c23-21-12-11-19-18(16-5-2-1-3-6-16)7-4-8-20(19)22(21)14-15-9-10-17(22)13-15/h4,7-10,15-17H,1-3,5-6,11-14H2. The van der Waals surface area contributed by atoms with Crippen molar-refractivity contribution in [1.82, 2.24) is 0 Å². The van der Waals surface area contributed by atoms with E-state index in [1.54, 1.807) is 11.1 Å². The quantitative estimate of drug-likeness (QED) is 0.661. The molecular weight excluding hydrogens is 280 g/mol. The van der Waals surface area contributed by atoms with Gasteiger partial charge in [-0.15, -0.1) is 0 Å². The molecule has 1 nitrogen and oxygen atoms in total. The van der Waals surface area contributed by atoms with Crippen LogP contribution in [0.2, 0.25) is 0 Å². The van der Waals surface area contributed by atoms with Crippen LogP contribution < -0.4 is 0 Å². The first-order valence-corrected chi connectivity index (χ1v) is 9.63. The lowest BCUT2D eigenvalue weighted by molar-refractivity contribution is -0.126. The van der Waals surface area contributed by atoms with E-state index in [-0.39, 0.29) is 5.41 Å². The van der Waals surface area contributed by atoms with Crippen LogP contribution in [0.4, 0.5) is 0 Å². The fraction of sp³-hybridized carbons (Fsp3) is 0.591. The SMILES string of the molecule is O=C1CCc2c(C3CCCCC3)cccc2C12CC1C=CC2C1. The lowest BCUT2D eigenvalue weighted by Crippen LogP contribution is -2.43. The van der Waals surface area contributed by atoms with Crippen LogP contribution in [0, 0.1) is 11.8 Å². The summed E-state index contributed by atoms with van der Waals surface area (Å²) in [6.07, 6.45) is 15.6. The maximum absolute atomic E-state index is 13.0. The van der Waals surface area contributed by atoms with Gasteiger partial charge in [-0.3, -0.25) is 4.79 Å². The third kappa shape index (κ3) is 1.89. The van der Waals surface area contributed by atoms with Gasteiger partial charge in [0.15, 0.2) is 0 Å². The zero-order valence-corrected chi connectivity index (χ0v) is 13.9. The molecule has 5 rings (SSSR count). The number of hydrogen-bond acceptors (Lipinski definition) is 1. The zero-order chi connectivity index (χ0) is 15.4. The molecule has 0 saturated heterocycles. The van der Waals surface area contributed by atoms with Gasteiger partial charge in [0.1, 0.15) is 5.78 Å². The van der Waals surface area contributed by atoms with Gasteiger partial charge in [0.2, 0.25) is 0 Å². The zero-order valence-electron chi connectivity index (χ0n) is 13.9. The van der Waals surface area contributed by atoms with Crippen LogP contribution in [-0.4, -0.2) is 5.78 Å². The van der Waals surface area contributed by atoms with E-state index < -0.39 is 0 Å². The summed E-state index contributed by atoms with van der Waals surface area (Å²) in [5, 5.41) is 0. The highest BCUT2D eigenvalue weighted by Crippen LogP contribution is 2.57. The van der Waals surface area contributed by atoms with Gasteiger partial charge >= 0.3 is 0 Å². The van der Waals surface area contributed by atoms with Gasteiger partial charge in [0.25, 0.3) is 0 Å². The molecule has 0 N–H and O–H groups in total. The van der Waals surface area contributed by atoms with Crippen molar-refractivity contribution in [3.05, 3.63) is 47.0 Å². The van der Waals surface area contributed by atoms with Crippen molar-refractivity contribution < 1.29 is 4.79 Å². The molecular formula is C22H26O. The second-order valence-electron chi connectivity index (χ2n) is 8.29. The Morgan fingerprint density at radius 2 is 1.87 bits per heavy atom. The Kier molecular flexibility index (Phi) is 3.08. The number of Topliss-reactive ketones (excluding diaryl/α,β-unsaturated/α-hetero) is 1. The third-order valence-electron chi connectivity index (χ3n) is 7.23. The number of carbonyl (C=O) groups excluding carboxylic acids is 1. The minimum atomic E-state index is -0.155. The highest BCUT2D eigenvalue weighted by Gasteiger charge is 2.56. The Morgan fingerprint density at radius 1 is 1.00 bits per heavy atom. The van der Waals surface area contributed by atoms with Crippen molar-refractivity contribution in [3.8, 4) is 0 Å². The Morgan fingerprint density at radius 3 is 2.61 bits per heavy atom. The van der Waals surface area contributed by atoms with Crippen molar-refractivity contribution in [1.29, 1.82) is 0 Å². The van der Waals surface area contributed by atoms with Crippen LogP contribution in [-0.2, 0) is 16.6 Å². The molecule has 1 aromatic carbocycles. The molecule has 2 fully saturated rings. The molecule has 120 valence electrons. The summed E-state index contributed by atoms with van der Waals surface area (Å²) in [6.45, 7) is 0. The normalized spacial score (nSPS) is 35.9. The van der Waals surface area contributed by atoms with Crippen LogP contribution in [0.5, 0.6) is 0 Å². The largest absolute Gasteiger partial charge is 0.299 e. The number of carbonyl (C=O) groups is 1. The number of rotatable bonds is 1. The molecule has 3 unspecified atom stereocenters. The third-order valence-corrected chi connectivity index (χ3v) is 7.23. The molecule has 0 aromatic heterocycles. The van der Waals surface area contributed by atoms with E-state index in [1.807, 2.05) is 0 Å². The van der Waals surface area contributed by atoms with Crippen molar-refractivity contribution >= 4 is 5.78 Å². The molecule has 0 aliphatic heterocycles. The average molecular weight is 306 g/mol. The predicted octanol–water partition coefficient (Wildman–Crippen LogP) is 5.08. The van der Waals surface area contributed by atoms with Gasteiger partial charge in [-0.05, 0) is 66.5 Å². The Balaban J connectivity index is 1.64. The number of hydrogen-bond donors (Lipinski definition) is 0. The molecule has 1 heteroatoms. The van der Waals surface area contributed by atoms with E-state index in [2.05, 4.69) is 30.4 Å². The number of allylic oxidation sites excluding steroid dienone is 2. The summed E-state index contributed by atoms with van der Waals surface area (Å²) in [5.41, 5.74) is 4.44. The fourth-order valence-electron chi connectivity index (χ4n) is 6.20. The van der Waals surface area contributed by atoms with E-state index in [1.165, 1.54) is 44.1 Å². The maximum atomic E-state index is 13.0. The van der Waals surface area contributed by atoms with Crippen LogP contribution in [0.3, 0.4) is 0 Å². The van der Waals surface area contributed by atoms with E-state index in [0.717, 1.165) is 25.2 Å². The summed E-state index contributed by atoms with van der Waals surface area (Å²) >= 11 is 0. The Labute approximate surface area is 139 Å². The summed E-state index contributed by atoms with van der Waals surface area (Å²) in [4.78, 5) is 13.0. The van der Waals surface area contributed by atoms with Crippen molar-refractivity contribution in [2.75, 3.05) is 0 Å². The molecule has 23 heavy (non-hydrogen) atoms. The molecule has 4 aliphatic carbocycles. The van der Waals surface area contributed by atoms with E-state index in [4.69, 9.17) is 0 Å². The van der Waals surface area contributed by atoms with Gasteiger partial charge in [-0.1, -0.05) is 49.6 Å². The van der Waals surface area contributed by atoms with Gasteiger partial charge in [0, 0.05) is 6.42 Å². The number of benzene rings is 1. The lowest BCUT2D eigenvalue weighted by Gasteiger charge is -2.41. The molecule has 1 spiro atoms. The smallest absolute Gasteiger partial charge is 0.144 e. The van der Waals surface area contributed by atoms with Gasteiger partial charge in [-0.25, -0.2) is 0 Å². The monoisotopic (exact) mass is 306 g/mol. The van der Waals surface area contributed by atoms with Crippen molar-refractivity contribution in [3.63, 3.8) is 0 Å². The highest BCUT2D eigenvalue weighted by atomic mass is 16.1. The number of ketones is 1. The molecule has 0 amide bonds. The topological polar surface area (TPSA) is 17.1 Å². The van der Waals surface area contributed by atoms with Crippen LogP contribution in [0.1, 0.15) is 74.0 Å². The maximum Gasteiger partial charge on any atom is 0.144 e. The van der Waals surface area contributed by atoms with Crippen molar-refractivity contribution in [2.45, 2.75) is 69.1 Å². The average Bonchev–Trinajstić information content (AvgIpc) is 3.21.